The quantitative estimate of drug-likeness (QED) is 0.490. The number of hydrogen-bond donors (Lipinski definition) is 1. The van der Waals surface area contributed by atoms with Crippen molar-refractivity contribution in [3.63, 3.8) is 0 Å². The summed E-state index contributed by atoms with van der Waals surface area (Å²) in [5.74, 6) is 0. The Morgan fingerprint density at radius 2 is 1.73 bits per heavy atom. The Labute approximate surface area is 180 Å². The van der Waals surface area contributed by atoms with Gasteiger partial charge in [0.05, 0.1) is 21.1 Å². The van der Waals surface area contributed by atoms with Crippen LogP contribution in [0.5, 0.6) is 0 Å². The first-order chi connectivity index (χ1) is 14.3. The summed E-state index contributed by atoms with van der Waals surface area (Å²) >= 11 is 12.4. The van der Waals surface area contributed by atoms with E-state index in [2.05, 4.69) is 4.98 Å². The van der Waals surface area contributed by atoms with Crippen LogP contribution in [0.25, 0.3) is 33.4 Å². The van der Waals surface area contributed by atoms with E-state index in [1.165, 1.54) is 11.6 Å². The first kappa shape index (κ1) is 19.1. The highest BCUT2D eigenvalue weighted by molar-refractivity contribution is 6.42. The van der Waals surface area contributed by atoms with Crippen molar-refractivity contribution in [2.75, 3.05) is 0 Å². The fraction of sp³-hybridized carbons (Fsp3) is 0.136. The van der Waals surface area contributed by atoms with Gasteiger partial charge in [-0.1, -0.05) is 53.5 Å². The summed E-state index contributed by atoms with van der Waals surface area (Å²) in [5.41, 5.74) is 2.87. The number of aryl methyl sites for hydroxylation is 1. The number of aliphatic hydroxyl groups excluding tert-OH is 1. The van der Waals surface area contributed by atoms with Crippen LogP contribution in [0, 0.1) is 0 Å². The summed E-state index contributed by atoms with van der Waals surface area (Å²) in [4.78, 5) is 30.4. The number of aromatic nitrogens is 3. The van der Waals surface area contributed by atoms with Crippen molar-refractivity contribution in [1.29, 1.82) is 0 Å². The fourth-order valence-corrected chi connectivity index (χ4v) is 4.43. The number of hydrogen-bond acceptors (Lipinski definition) is 4. The first-order valence-corrected chi connectivity index (χ1v) is 9.93. The molecule has 0 aliphatic heterocycles. The van der Waals surface area contributed by atoms with E-state index in [0.29, 0.717) is 38.0 Å². The van der Waals surface area contributed by atoms with Crippen molar-refractivity contribution in [2.24, 2.45) is 14.1 Å². The molecule has 8 heteroatoms. The predicted octanol–water partition coefficient (Wildman–Crippen LogP) is 3.67. The molecule has 0 saturated heterocycles. The van der Waals surface area contributed by atoms with E-state index in [-0.39, 0.29) is 11.0 Å². The Morgan fingerprint density at radius 3 is 2.47 bits per heavy atom. The molecule has 5 rings (SSSR count). The molecule has 0 fully saturated rings. The van der Waals surface area contributed by atoms with Crippen LogP contribution in [0.3, 0.4) is 0 Å². The summed E-state index contributed by atoms with van der Waals surface area (Å²) in [7, 11) is 2.99. The Hall–Kier alpha value is -2.93. The van der Waals surface area contributed by atoms with Gasteiger partial charge in [-0.2, -0.15) is 0 Å². The van der Waals surface area contributed by atoms with E-state index in [9.17, 15) is 14.7 Å². The second kappa shape index (κ2) is 6.54. The first-order valence-electron chi connectivity index (χ1n) is 9.17. The van der Waals surface area contributed by atoms with Gasteiger partial charge in [0.15, 0.2) is 5.65 Å². The van der Waals surface area contributed by atoms with Gasteiger partial charge in [0, 0.05) is 30.8 Å². The summed E-state index contributed by atoms with van der Waals surface area (Å²) in [5, 5.41) is 12.1. The van der Waals surface area contributed by atoms with E-state index in [0.717, 1.165) is 10.1 Å². The van der Waals surface area contributed by atoms with Gasteiger partial charge in [-0.3, -0.25) is 13.9 Å². The minimum atomic E-state index is -0.973. The maximum atomic E-state index is 13.2. The fourth-order valence-electron chi connectivity index (χ4n) is 4.13. The highest BCUT2D eigenvalue weighted by Gasteiger charge is 2.34. The lowest BCUT2D eigenvalue weighted by Crippen LogP contribution is -2.37. The zero-order valence-electron chi connectivity index (χ0n) is 16.0. The molecule has 0 bridgehead atoms. The van der Waals surface area contributed by atoms with Gasteiger partial charge in [0.25, 0.3) is 5.56 Å². The second-order valence-corrected chi connectivity index (χ2v) is 8.09. The van der Waals surface area contributed by atoms with Crippen LogP contribution in [0.1, 0.15) is 17.2 Å². The molecule has 2 heterocycles. The molecule has 150 valence electrons. The molecule has 1 aliphatic rings. The monoisotopic (exact) mass is 439 g/mol. The average molecular weight is 440 g/mol. The van der Waals surface area contributed by atoms with E-state index in [1.54, 1.807) is 25.2 Å². The molecule has 30 heavy (non-hydrogen) atoms. The van der Waals surface area contributed by atoms with Gasteiger partial charge in [-0.05, 0) is 23.3 Å². The Kier molecular flexibility index (Phi) is 4.15. The van der Waals surface area contributed by atoms with Gasteiger partial charge in [-0.15, -0.1) is 0 Å². The number of fused-ring (bicyclic) bond motifs is 4. The maximum Gasteiger partial charge on any atom is 0.332 e. The molecule has 2 aromatic carbocycles. The zero-order chi connectivity index (χ0) is 21.3. The third kappa shape index (κ3) is 2.45. The Bertz CT molecular complexity index is 1500. The summed E-state index contributed by atoms with van der Waals surface area (Å²) in [6, 6.07) is 12.4. The van der Waals surface area contributed by atoms with E-state index >= 15 is 0 Å². The van der Waals surface area contributed by atoms with E-state index in [4.69, 9.17) is 23.2 Å². The predicted molar refractivity (Wildman–Crippen MR) is 117 cm³/mol. The number of benzene rings is 2. The van der Waals surface area contributed by atoms with Crippen LogP contribution < -0.4 is 11.2 Å². The van der Waals surface area contributed by atoms with Crippen molar-refractivity contribution < 1.29 is 5.11 Å². The molecular formula is C22H15Cl2N3O3. The second-order valence-electron chi connectivity index (χ2n) is 7.27. The van der Waals surface area contributed by atoms with Crippen molar-refractivity contribution in [2.45, 2.75) is 6.10 Å². The Balaban J connectivity index is 2.06. The molecule has 1 N–H and O–H groups in total. The molecule has 0 unspecified atom stereocenters. The molecule has 1 aliphatic carbocycles. The standard InChI is InChI=1S/C22H15Cl2N3O3/c1-26-20-17(21(29)27(2)22(26)30)15(10-7-8-13(23)14(24)9-10)16-18(25-20)11-5-3-4-6-12(11)19(16)28/h3-9,19,28H,1-2H3/t19-/m1/s1. The number of rotatable bonds is 1. The van der Waals surface area contributed by atoms with E-state index < -0.39 is 17.4 Å². The van der Waals surface area contributed by atoms with Crippen molar-refractivity contribution >= 4 is 34.2 Å². The van der Waals surface area contributed by atoms with Crippen LogP contribution in [-0.4, -0.2) is 19.2 Å². The van der Waals surface area contributed by atoms with E-state index in [1.807, 2.05) is 24.3 Å². The topological polar surface area (TPSA) is 77.1 Å². The molecule has 0 saturated carbocycles. The van der Waals surface area contributed by atoms with Crippen molar-refractivity contribution in [3.8, 4) is 22.4 Å². The molecule has 2 aromatic heterocycles. The number of pyridine rings is 1. The highest BCUT2D eigenvalue weighted by atomic mass is 35.5. The third-order valence-electron chi connectivity index (χ3n) is 5.62. The molecule has 0 spiro atoms. The maximum absolute atomic E-state index is 13.2. The smallest absolute Gasteiger partial charge is 0.332 e. The summed E-state index contributed by atoms with van der Waals surface area (Å²) in [6.07, 6.45) is -0.973. The van der Waals surface area contributed by atoms with Crippen molar-refractivity contribution in [3.05, 3.63) is 84.5 Å². The SMILES string of the molecule is Cn1c(=O)c2c(-c3ccc(Cl)c(Cl)c3)c3c(nc2n(C)c1=O)-c1ccccc1[C@H]3O. The van der Waals surface area contributed by atoms with Crippen LogP contribution in [0.2, 0.25) is 10.0 Å². The number of halogens is 2. The minimum Gasteiger partial charge on any atom is -0.384 e. The lowest BCUT2D eigenvalue weighted by molar-refractivity contribution is 0.225. The molecular weight excluding hydrogens is 425 g/mol. The number of nitrogens with zero attached hydrogens (tertiary/aromatic N) is 3. The molecule has 4 aromatic rings. The summed E-state index contributed by atoms with van der Waals surface area (Å²) < 4.78 is 2.37. The number of aliphatic hydroxyl groups is 1. The average Bonchev–Trinajstić information content (AvgIpc) is 3.03. The minimum absolute atomic E-state index is 0.239. The normalized spacial score (nSPS) is 14.8. The van der Waals surface area contributed by atoms with Crippen LogP contribution in [0.4, 0.5) is 0 Å². The molecule has 6 nitrogen and oxygen atoms in total. The van der Waals surface area contributed by atoms with Crippen molar-refractivity contribution in [1.82, 2.24) is 14.1 Å². The molecule has 1 atom stereocenters. The lowest BCUT2D eigenvalue weighted by atomic mass is 9.94. The zero-order valence-corrected chi connectivity index (χ0v) is 17.5. The third-order valence-corrected chi connectivity index (χ3v) is 6.36. The van der Waals surface area contributed by atoms with Crippen LogP contribution in [-0.2, 0) is 14.1 Å². The summed E-state index contributed by atoms with van der Waals surface area (Å²) in [6.45, 7) is 0. The van der Waals surface area contributed by atoms with Gasteiger partial charge in [0.2, 0.25) is 0 Å². The van der Waals surface area contributed by atoms with Crippen LogP contribution >= 0.6 is 23.2 Å². The lowest BCUT2D eigenvalue weighted by Gasteiger charge is -2.17. The van der Waals surface area contributed by atoms with Gasteiger partial charge >= 0.3 is 5.69 Å². The van der Waals surface area contributed by atoms with Crippen LogP contribution in [0.15, 0.2) is 52.1 Å². The highest BCUT2D eigenvalue weighted by Crippen LogP contribution is 2.48. The van der Waals surface area contributed by atoms with Gasteiger partial charge in [-0.25, -0.2) is 9.78 Å². The van der Waals surface area contributed by atoms with Gasteiger partial charge in [0.1, 0.15) is 6.10 Å². The molecule has 0 amide bonds. The Morgan fingerprint density at radius 1 is 1.00 bits per heavy atom. The molecule has 0 radical (unpaired) electrons. The van der Waals surface area contributed by atoms with Gasteiger partial charge < -0.3 is 5.11 Å². The largest absolute Gasteiger partial charge is 0.384 e.